The molecular weight excluding hydrogens is 404 g/mol. The van der Waals surface area contributed by atoms with Crippen LogP contribution in [0.15, 0.2) is 93.0 Å². The van der Waals surface area contributed by atoms with Crippen molar-refractivity contribution in [1.29, 1.82) is 0 Å². The topological polar surface area (TPSA) is 82.9 Å². The molecular formula is C25H20N4O3. The van der Waals surface area contributed by atoms with Crippen LogP contribution >= 0.6 is 0 Å². The molecule has 0 aliphatic heterocycles. The maximum Gasteiger partial charge on any atom is 0.336 e. The minimum absolute atomic E-state index is 0.0481. The Bertz CT molecular complexity index is 1510. The molecule has 0 saturated heterocycles. The minimum atomic E-state index is -0.461. The molecule has 0 bridgehead atoms. The Hall–Kier alpha value is -4.26. The van der Waals surface area contributed by atoms with Gasteiger partial charge in [0.05, 0.1) is 16.6 Å². The molecule has 0 spiro atoms. The van der Waals surface area contributed by atoms with E-state index < -0.39 is 5.69 Å². The molecule has 0 aliphatic rings. The predicted octanol–water partition coefficient (Wildman–Crippen LogP) is 3.81. The zero-order valence-corrected chi connectivity index (χ0v) is 17.4. The summed E-state index contributed by atoms with van der Waals surface area (Å²) in [5.74, 6) is 0.726. The molecule has 0 N–H and O–H groups in total. The first-order chi connectivity index (χ1) is 15.7. The van der Waals surface area contributed by atoms with Gasteiger partial charge in [0.2, 0.25) is 11.7 Å². The van der Waals surface area contributed by atoms with Gasteiger partial charge in [-0.1, -0.05) is 66.7 Å². The van der Waals surface area contributed by atoms with Crippen molar-refractivity contribution in [1.82, 2.24) is 19.3 Å². The van der Waals surface area contributed by atoms with Crippen LogP contribution in [0.3, 0.4) is 0 Å². The minimum Gasteiger partial charge on any atom is -0.337 e. The summed E-state index contributed by atoms with van der Waals surface area (Å²) in [6.07, 6.45) is 0.873. The molecule has 0 aliphatic carbocycles. The molecule has 2 heterocycles. The highest BCUT2D eigenvalue weighted by Gasteiger charge is 2.17. The molecule has 0 saturated carbocycles. The standard InChI is InChI=1S/C25H20N4O3/c1-2-17-12-14-19(15-13-17)29-24(30)20-10-6-7-11-21(20)28(25(29)31)16-22-26-23(27-32-22)18-8-4-3-5-9-18/h3-15H,2,16H2,1H3. The summed E-state index contributed by atoms with van der Waals surface area (Å²) in [5.41, 5.74) is 2.16. The summed E-state index contributed by atoms with van der Waals surface area (Å²) in [7, 11) is 0. The first-order valence-corrected chi connectivity index (χ1v) is 10.4. The molecule has 0 radical (unpaired) electrons. The molecule has 7 nitrogen and oxygen atoms in total. The van der Waals surface area contributed by atoms with Crippen molar-refractivity contribution in [2.45, 2.75) is 19.9 Å². The lowest BCUT2D eigenvalue weighted by Gasteiger charge is -2.13. The number of hydrogen-bond acceptors (Lipinski definition) is 5. The fourth-order valence-corrected chi connectivity index (χ4v) is 3.74. The normalized spacial score (nSPS) is 11.2. The number of hydrogen-bond donors (Lipinski definition) is 0. The van der Waals surface area contributed by atoms with Crippen LogP contribution in [-0.4, -0.2) is 19.3 Å². The Morgan fingerprint density at radius 2 is 1.59 bits per heavy atom. The molecule has 7 heteroatoms. The molecule has 0 amide bonds. The van der Waals surface area contributed by atoms with Crippen LogP contribution in [0.5, 0.6) is 0 Å². The largest absolute Gasteiger partial charge is 0.337 e. The van der Waals surface area contributed by atoms with Gasteiger partial charge < -0.3 is 4.52 Å². The van der Waals surface area contributed by atoms with Crippen molar-refractivity contribution in [2.75, 3.05) is 0 Å². The first kappa shape index (κ1) is 19.7. The molecule has 0 fully saturated rings. The molecule has 0 atom stereocenters. The maximum absolute atomic E-state index is 13.5. The van der Waals surface area contributed by atoms with Gasteiger partial charge in [-0.3, -0.25) is 9.36 Å². The second-order valence-electron chi connectivity index (χ2n) is 7.42. The second-order valence-corrected chi connectivity index (χ2v) is 7.42. The lowest BCUT2D eigenvalue weighted by molar-refractivity contribution is 0.370. The average molecular weight is 424 g/mol. The van der Waals surface area contributed by atoms with Crippen molar-refractivity contribution in [3.63, 3.8) is 0 Å². The third kappa shape index (κ3) is 3.43. The van der Waals surface area contributed by atoms with Gasteiger partial charge in [0.1, 0.15) is 6.54 Å². The van der Waals surface area contributed by atoms with Crippen LogP contribution in [0.4, 0.5) is 0 Å². The number of aromatic nitrogens is 4. The van der Waals surface area contributed by atoms with Crippen LogP contribution in [0, 0.1) is 0 Å². The van der Waals surface area contributed by atoms with E-state index in [1.807, 2.05) is 42.5 Å². The van der Waals surface area contributed by atoms with E-state index in [9.17, 15) is 9.59 Å². The molecule has 5 rings (SSSR count). The fourth-order valence-electron chi connectivity index (χ4n) is 3.74. The van der Waals surface area contributed by atoms with Crippen molar-refractivity contribution in [3.05, 3.63) is 111 Å². The van der Waals surface area contributed by atoms with Crippen LogP contribution < -0.4 is 11.2 Å². The van der Waals surface area contributed by atoms with Gasteiger partial charge in [0, 0.05) is 5.56 Å². The second kappa shape index (κ2) is 8.11. The van der Waals surface area contributed by atoms with Crippen LogP contribution in [0.25, 0.3) is 28.0 Å². The number of rotatable bonds is 5. The molecule has 0 unspecified atom stereocenters. The Balaban J connectivity index is 1.65. The zero-order valence-electron chi connectivity index (χ0n) is 17.4. The van der Waals surface area contributed by atoms with Crippen LogP contribution in [0.1, 0.15) is 18.4 Å². The summed E-state index contributed by atoms with van der Waals surface area (Å²) in [6, 6.07) is 23.9. The quantitative estimate of drug-likeness (QED) is 0.428. The highest BCUT2D eigenvalue weighted by molar-refractivity contribution is 5.78. The molecule has 5 aromatic rings. The van der Waals surface area contributed by atoms with E-state index in [1.54, 1.807) is 36.4 Å². The SMILES string of the molecule is CCc1ccc(-n2c(=O)c3ccccc3n(Cc3nc(-c4ccccc4)no3)c2=O)cc1. The highest BCUT2D eigenvalue weighted by Crippen LogP contribution is 2.17. The van der Waals surface area contributed by atoms with Crippen LogP contribution in [0.2, 0.25) is 0 Å². The summed E-state index contributed by atoms with van der Waals surface area (Å²) >= 11 is 0. The van der Waals surface area contributed by atoms with Gasteiger partial charge in [-0.2, -0.15) is 4.98 Å². The summed E-state index contributed by atoms with van der Waals surface area (Å²) in [6.45, 7) is 2.10. The maximum atomic E-state index is 13.5. The number of fused-ring (bicyclic) bond motifs is 1. The number of nitrogens with zero attached hydrogens (tertiary/aromatic N) is 4. The Labute approximate surface area is 183 Å². The lowest BCUT2D eigenvalue weighted by Crippen LogP contribution is -2.39. The highest BCUT2D eigenvalue weighted by atomic mass is 16.5. The fraction of sp³-hybridized carbons (Fsp3) is 0.120. The Morgan fingerprint density at radius 1 is 0.875 bits per heavy atom. The number of benzene rings is 3. The zero-order chi connectivity index (χ0) is 22.1. The molecule has 2 aromatic heterocycles. The predicted molar refractivity (Wildman–Crippen MR) is 122 cm³/mol. The Morgan fingerprint density at radius 3 is 2.34 bits per heavy atom. The average Bonchev–Trinajstić information content (AvgIpc) is 3.32. The van der Waals surface area contributed by atoms with Crippen molar-refractivity contribution >= 4 is 10.9 Å². The van der Waals surface area contributed by atoms with Gasteiger partial charge in [-0.15, -0.1) is 0 Å². The van der Waals surface area contributed by atoms with Gasteiger partial charge in [-0.05, 0) is 36.2 Å². The third-order valence-corrected chi connectivity index (χ3v) is 5.45. The van der Waals surface area contributed by atoms with E-state index in [4.69, 9.17) is 4.52 Å². The molecule has 3 aromatic carbocycles. The van der Waals surface area contributed by atoms with E-state index in [0.717, 1.165) is 17.5 Å². The van der Waals surface area contributed by atoms with Crippen molar-refractivity contribution in [2.24, 2.45) is 0 Å². The molecule has 32 heavy (non-hydrogen) atoms. The monoisotopic (exact) mass is 424 g/mol. The summed E-state index contributed by atoms with van der Waals surface area (Å²) in [4.78, 5) is 31.1. The number of aryl methyl sites for hydroxylation is 1. The van der Waals surface area contributed by atoms with E-state index in [2.05, 4.69) is 17.1 Å². The number of para-hydroxylation sites is 1. The smallest absolute Gasteiger partial charge is 0.336 e. The Kier molecular flexibility index (Phi) is 4.99. The van der Waals surface area contributed by atoms with E-state index in [-0.39, 0.29) is 18.0 Å². The summed E-state index contributed by atoms with van der Waals surface area (Å²) in [5, 5.41) is 4.48. The third-order valence-electron chi connectivity index (χ3n) is 5.45. The van der Waals surface area contributed by atoms with Gasteiger partial charge in [0.25, 0.3) is 5.56 Å². The van der Waals surface area contributed by atoms with E-state index in [0.29, 0.717) is 22.4 Å². The first-order valence-electron chi connectivity index (χ1n) is 10.4. The van der Waals surface area contributed by atoms with Crippen LogP contribution in [-0.2, 0) is 13.0 Å². The van der Waals surface area contributed by atoms with Crippen molar-refractivity contribution in [3.8, 4) is 17.1 Å². The summed E-state index contributed by atoms with van der Waals surface area (Å²) < 4.78 is 8.11. The van der Waals surface area contributed by atoms with E-state index >= 15 is 0 Å². The molecule has 158 valence electrons. The lowest BCUT2D eigenvalue weighted by atomic mass is 10.1. The van der Waals surface area contributed by atoms with Crippen molar-refractivity contribution < 1.29 is 4.52 Å². The van der Waals surface area contributed by atoms with E-state index in [1.165, 1.54) is 9.13 Å². The van der Waals surface area contributed by atoms with Gasteiger partial charge in [0.15, 0.2) is 0 Å². The van der Waals surface area contributed by atoms with Gasteiger partial charge >= 0.3 is 5.69 Å². The van der Waals surface area contributed by atoms with Gasteiger partial charge in [-0.25, -0.2) is 9.36 Å².